The van der Waals surface area contributed by atoms with Gasteiger partial charge in [-0.25, -0.2) is 15.0 Å². The molecule has 8 heteroatoms. The van der Waals surface area contributed by atoms with Gasteiger partial charge in [0.1, 0.15) is 27.0 Å². The van der Waals surface area contributed by atoms with Crippen molar-refractivity contribution in [2.75, 3.05) is 11.9 Å². The van der Waals surface area contributed by atoms with Crippen LogP contribution in [0.2, 0.25) is 0 Å². The summed E-state index contributed by atoms with van der Waals surface area (Å²) in [7, 11) is 1.98. The molecule has 4 heterocycles. The van der Waals surface area contributed by atoms with Crippen LogP contribution in [0.15, 0.2) is 21.6 Å². The van der Waals surface area contributed by atoms with Crippen LogP contribution < -0.4 is 10.5 Å². The lowest BCUT2D eigenvalue weighted by Gasteiger charge is -2.20. The fourth-order valence-electron chi connectivity index (χ4n) is 3.25. The molecule has 6 nitrogen and oxygen atoms in total. The Hall–Kier alpha value is -2.32. The second-order valence-corrected chi connectivity index (χ2v) is 8.91. The summed E-state index contributed by atoms with van der Waals surface area (Å²) in [6, 6.07) is 1.88. The fourth-order valence-corrected chi connectivity index (χ4v) is 4.97. The number of nitrogens with zero attached hydrogens (tertiary/aromatic N) is 4. The Bertz CT molecular complexity index is 1170. The molecule has 4 aromatic rings. The van der Waals surface area contributed by atoms with Crippen LogP contribution in [0.1, 0.15) is 31.1 Å². The molecule has 0 aliphatic heterocycles. The zero-order chi connectivity index (χ0) is 19.1. The Kier molecular flexibility index (Phi) is 4.69. The topological polar surface area (TPSA) is 74.8 Å². The second-order valence-electron chi connectivity index (χ2n) is 7.14. The average molecular weight is 400 g/mol. The van der Waals surface area contributed by atoms with E-state index >= 15 is 0 Å². The van der Waals surface area contributed by atoms with Crippen LogP contribution in [0.25, 0.3) is 20.4 Å². The molecule has 0 fully saturated rings. The van der Waals surface area contributed by atoms with E-state index in [1.165, 1.54) is 16.9 Å². The van der Waals surface area contributed by atoms with E-state index in [1.807, 2.05) is 30.3 Å². The third-order valence-corrected chi connectivity index (χ3v) is 6.17. The lowest BCUT2D eigenvalue weighted by molar-refractivity contribution is 0.651. The summed E-state index contributed by atoms with van der Waals surface area (Å²) in [5.74, 6) is 2.83. The molecule has 1 N–H and O–H groups in total. The van der Waals surface area contributed by atoms with Crippen LogP contribution in [0.4, 0.5) is 5.82 Å². The van der Waals surface area contributed by atoms with Gasteiger partial charge in [0.15, 0.2) is 0 Å². The summed E-state index contributed by atoms with van der Waals surface area (Å²) in [6.45, 7) is 6.82. The van der Waals surface area contributed by atoms with E-state index < -0.39 is 0 Å². The van der Waals surface area contributed by atoms with Crippen LogP contribution in [0.5, 0.6) is 0 Å². The molecular weight excluding hydrogens is 378 g/mol. The lowest BCUT2D eigenvalue weighted by Crippen LogP contribution is -2.22. The molecule has 140 valence electrons. The van der Waals surface area contributed by atoms with E-state index in [-0.39, 0.29) is 5.56 Å². The largest absolute Gasteiger partial charge is 0.352 e. The average Bonchev–Trinajstić information content (AvgIpc) is 3.21. The van der Waals surface area contributed by atoms with Crippen molar-refractivity contribution in [2.24, 2.45) is 5.92 Å². The Morgan fingerprint density at radius 1 is 1.22 bits per heavy atom. The molecule has 0 saturated heterocycles. The highest BCUT2D eigenvalue weighted by Crippen LogP contribution is 2.33. The van der Waals surface area contributed by atoms with E-state index in [0.717, 1.165) is 33.8 Å². The van der Waals surface area contributed by atoms with Gasteiger partial charge >= 0.3 is 0 Å². The van der Waals surface area contributed by atoms with Crippen LogP contribution in [0.3, 0.4) is 0 Å². The zero-order valence-electron chi connectivity index (χ0n) is 15.7. The molecule has 0 bridgehead atoms. The summed E-state index contributed by atoms with van der Waals surface area (Å²) in [5.41, 5.74) is 1.94. The van der Waals surface area contributed by atoms with Crippen molar-refractivity contribution >= 4 is 48.9 Å². The van der Waals surface area contributed by atoms with Crippen LogP contribution >= 0.6 is 22.7 Å². The summed E-state index contributed by atoms with van der Waals surface area (Å²) in [5, 5.41) is 5.19. The minimum atomic E-state index is -0.0848. The molecule has 0 spiro atoms. The van der Waals surface area contributed by atoms with Gasteiger partial charge in [0.25, 0.3) is 5.56 Å². The van der Waals surface area contributed by atoms with Crippen molar-refractivity contribution in [1.29, 1.82) is 0 Å². The number of aromatic amines is 1. The van der Waals surface area contributed by atoms with Gasteiger partial charge in [-0.1, -0.05) is 13.8 Å². The maximum Gasteiger partial charge on any atom is 0.268 e. The molecule has 0 radical (unpaired) electrons. The van der Waals surface area contributed by atoms with E-state index in [0.29, 0.717) is 23.0 Å². The maximum absolute atomic E-state index is 12.3. The molecule has 4 aromatic heterocycles. The van der Waals surface area contributed by atoms with Crippen molar-refractivity contribution in [2.45, 2.75) is 33.7 Å². The Morgan fingerprint density at radius 2 is 2.04 bits per heavy atom. The normalized spacial score (nSPS) is 11.7. The number of rotatable bonds is 5. The third kappa shape index (κ3) is 3.46. The van der Waals surface area contributed by atoms with E-state index in [1.54, 1.807) is 11.3 Å². The van der Waals surface area contributed by atoms with Crippen molar-refractivity contribution in [3.05, 3.63) is 44.4 Å². The van der Waals surface area contributed by atoms with Crippen molar-refractivity contribution in [1.82, 2.24) is 19.9 Å². The Morgan fingerprint density at radius 3 is 2.81 bits per heavy atom. The number of hydrogen-bond donors (Lipinski definition) is 1. The highest BCUT2D eigenvalue weighted by Gasteiger charge is 2.18. The van der Waals surface area contributed by atoms with Crippen LogP contribution in [-0.4, -0.2) is 27.0 Å². The third-order valence-electron chi connectivity index (χ3n) is 4.34. The van der Waals surface area contributed by atoms with E-state index in [4.69, 9.17) is 4.98 Å². The highest BCUT2D eigenvalue weighted by molar-refractivity contribution is 7.17. The van der Waals surface area contributed by atoms with Gasteiger partial charge in [-0.05, 0) is 41.7 Å². The fraction of sp³-hybridized carbons (Fsp3) is 0.368. The number of anilines is 1. The maximum atomic E-state index is 12.3. The number of fused-ring (bicyclic) bond motifs is 2. The SMILES string of the molecule is Cc1nc(N(C)Cc2nc3ccsc3c(=O)[nH]2)c2c(CC(C)C)csc2n1. The molecular formula is C19H21N5OS2. The predicted molar refractivity (Wildman–Crippen MR) is 113 cm³/mol. The van der Waals surface area contributed by atoms with Gasteiger partial charge in [-0.15, -0.1) is 22.7 Å². The van der Waals surface area contributed by atoms with Crippen molar-refractivity contribution in [3.8, 4) is 0 Å². The molecule has 0 aliphatic carbocycles. The van der Waals surface area contributed by atoms with Gasteiger partial charge in [0.05, 0.1) is 17.4 Å². The van der Waals surface area contributed by atoms with Crippen LogP contribution in [0, 0.1) is 12.8 Å². The first-order valence-electron chi connectivity index (χ1n) is 8.84. The molecule has 0 aliphatic rings. The molecule has 0 aromatic carbocycles. The van der Waals surface area contributed by atoms with Crippen molar-refractivity contribution in [3.63, 3.8) is 0 Å². The summed E-state index contributed by atoms with van der Waals surface area (Å²) in [6.07, 6.45) is 0.989. The molecule has 27 heavy (non-hydrogen) atoms. The number of aromatic nitrogens is 4. The number of aryl methyl sites for hydroxylation is 1. The van der Waals surface area contributed by atoms with Gasteiger partial charge in [0, 0.05) is 7.05 Å². The molecule has 0 atom stereocenters. The van der Waals surface area contributed by atoms with Gasteiger partial charge in [0.2, 0.25) is 0 Å². The lowest BCUT2D eigenvalue weighted by atomic mass is 10.0. The zero-order valence-corrected chi connectivity index (χ0v) is 17.4. The number of nitrogens with one attached hydrogen (secondary N) is 1. The monoisotopic (exact) mass is 399 g/mol. The summed E-state index contributed by atoms with van der Waals surface area (Å²) < 4.78 is 0.665. The number of hydrogen-bond acceptors (Lipinski definition) is 7. The first-order chi connectivity index (χ1) is 12.9. The Labute approximate surface area is 164 Å². The highest BCUT2D eigenvalue weighted by atomic mass is 32.1. The van der Waals surface area contributed by atoms with E-state index in [9.17, 15) is 4.79 Å². The standard InChI is InChI=1S/C19H21N5OS2/c1-10(2)7-12-9-27-19-15(12)17(20-11(3)21-19)24(4)8-14-22-13-5-6-26-16(13)18(25)23-14/h5-6,9-10H,7-8H2,1-4H3,(H,22,23,25). The van der Waals surface area contributed by atoms with Gasteiger partial charge in [-0.2, -0.15) is 0 Å². The summed E-state index contributed by atoms with van der Waals surface area (Å²) in [4.78, 5) is 32.1. The number of H-pyrrole nitrogens is 1. The Balaban J connectivity index is 1.75. The molecule has 4 rings (SSSR count). The minimum absolute atomic E-state index is 0.0848. The van der Waals surface area contributed by atoms with Gasteiger partial charge in [-0.3, -0.25) is 4.79 Å². The minimum Gasteiger partial charge on any atom is -0.352 e. The summed E-state index contributed by atoms with van der Waals surface area (Å²) >= 11 is 3.07. The quantitative estimate of drug-likeness (QED) is 0.546. The molecule has 0 unspecified atom stereocenters. The van der Waals surface area contributed by atoms with E-state index in [2.05, 4.69) is 34.2 Å². The molecule has 0 saturated carbocycles. The van der Waals surface area contributed by atoms with Gasteiger partial charge < -0.3 is 9.88 Å². The predicted octanol–water partition coefficient (Wildman–Crippen LogP) is 4.13. The smallest absolute Gasteiger partial charge is 0.268 e. The first-order valence-corrected chi connectivity index (χ1v) is 10.6. The first kappa shape index (κ1) is 18.1. The molecule has 0 amide bonds. The van der Waals surface area contributed by atoms with Crippen molar-refractivity contribution < 1.29 is 0 Å². The van der Waals surface area contributed by atoms with Crippen LogP contribution in [-0.2, 0) is 13.0 Å². The second kappa shape index (κ2) is 7.01. The number of thiophene rings is 2.